The molecule has 0 bridgehead atoms. The molecule has 128 valence electrons. The summed E-state index contributed by atoms with van der Waals surface area (Å²) in [6, 6.07) is 16.9. The minimum Gasteiger partial charge on any atom is -0.468 e. The summed E-state index contributed by atoms with van der Waals surface area (Å²) in [7, 11) is 0. The summed E-state index contributed by atoms with van der Waals surface area (Å²) in [5.74, 6) is 0.136. The van der Waals surface area contributed by atoms with Gasteiger partial charge in [-0.1, -0.05) is 54.6 Å². The fourth-order valence-electron chi connectivity index (χ4n) is 2.36. The van der Waals surface area contributed by atoms with Crippen molar-refractivity contribution in [3.05, 3.63) is 72.2 Å². The fraction of sp³-hybridized carbons (Fsp3) is 0.158. The topological polar surface area (TPSA) is 77.8 Å². The maximum absolute atomic E-state index is 11.7. The van der Waals surface area contributed by atoms with Crippen molar-refractivity contribution in [3.63, 3.8) is 0 Å². The van der Waals surface area contributed by atoms with Gasteiger partial charge in [0.2, 0.25) is 0 Å². The molecule has 25 heavy (non-hydrogen) atoms. The monoisotopic (exact) mass is 339 g/mol. The number of hydrogen-bond donors (Lipinski definition) is 1. The van der Waals surface area contributed by atoms with Gasteiger partial charge in [-0.3, -0.25) is 0 Å². The Hall–Kier alpha value is -3.28. The highest BCUT2D eigenvalue weighted by Gasteiger charge is 2.11. The molecule has 0 atom stereocenters. The van der Waals surface area contributed by atoms with E-state index in [4.69, 9.17) is 14.0 Å². The molecule has 0 aliphatic rings. The SMILES string of the molecule is O=C(CCc1occ2ccccc12)ONC(=O)OCc1ccccc1. The molecule has 3 rings (SSSR count). The summed E-state index contributed by atoms with van der Waals surface area (Å²) < 4.78 is 10.4. The summed E-state index contributed by atoms with van der Waals surface area (Å²) >= 11 is 0. The van der Waals surface area contributed by atoms with Crippen LogP contribution in [0.2, 0.25) is 0 Å². The third-order valence-electron chi connectivity index (χ3n) is 3.61. The molecule has 1 heterocycles. The molecule has 2 aromatic carbocycles. The number of carbonyl (C=O) groups is 2. The summed E-state index contributed by atoms with van der Waals surface area (Å²) in [6.07, 6.45) is 1.29. The Morgan fingerprint density at radius 1 is 1.00 bits per heavy atom. The first-order chi connectivity index (χ1) is 12.2. The third-order valence-corrected chi connectivity index (χ3v) is 3.61. The van der Waals surface area contributed by atoms with Gasteiger partial charge in [0.15, 0.2) is 0 Å². The molecule has 6 heteroatoms. The second kappa shape index (κ2) is 8.01. The van der Waals surface area contributed by atoms with Crippen LogP contribution in [0.15, 0.2) is 65.3 Å². The van der Waals surface area contributed by atoms with E-state index in [1.807, 2.05) is 60.1 Å². The van der Waals surface area contributed by atoms with Crippen LogP contribution in [0, 0.1) is 0 Å². The first-order valence-corrected chi connectivity index (χ1v) is 7.84. The van der Waals surface area contributed by atoms with E-state index < -0.39 is 12.1 Å². The van der Waals surface area contributed by atoms with Crippen molar-refractivity contribution < 1.29 is 23.6 Å². The lowest BCUT2D eigenvalue weighted by molar-refractivity contribution is -0.149. The zero-order chi connectivity index (χ0) is 17.5. The molecule has 0 fully saturated rings. The standard InChI is InChI=1S/C19H17NO5/c21-18(11-10-17-16-9-5-4-8-15(16)13-23-17)25-20-19(22)24-12-14-6-2-1-3-7-14/h1-9,13H,10-12H2,(H,20,22). The van der Waals surface area contributed by atoms with E-state index in [9.17, 15) is 9.59 Å². The van der Waals surface area contributed by atoms with Gasteiger partial charge in [-0.2, -0.15) is 0 Å². The van der Waals surface area contributed by atoms with Crippen molar-refractivity contribution in [1.82, 2.24) is 5.48 Å². The van der Waals surface area contributed by atoms with Gasteiger partial charge in [0.05, 0.1) is 12.7 Å². The quantitative estimate of drug-likeness (QED) is 0.716. The highest BCUT2D eigenvalue weighted by molar-refractivity contribution is 5.84. The summed E-state index contributed by atoms with van der Waals surface area (Å²) in [5, 5.41) is 1.94. The van der Waals surface area contributed by atoms with E-state index in [1.165, 1.54) is 0 Å². The van der Waals surface area contributed by atoms with Crippen molar-refractivity contribution >= 4 is 22.8 Å². The van der Waals surface area contributed by atoms with E-state index in [-0.39, 0.29) is 13.0 Å². The van der Waals surface area contributed by atoms with E-state index >= 15 is 0 Å². The molecule has 0 aliphatic carbocycles. The van der Waals surface area contributed by atoms with Gasteiger partial charge in [-0.15, -0.1) is 5.48 Å². The Labute approximate surface area is 144 Å². The number of nitrogens with one attached hydrogen (secondary N) is 1. The minimum absolute atomic E-state index is 0.0798. The number of rotatable bonds is 5. The zero-order valence-corrected chi connectivity index (χ0v) is 13.4. The molecule has 0 radical (unpaired) electrons. The highest BCUT2D eigenvalue weighted by atomic mass is 16.7. The Morgan fingerprint density at radius 3 is 2.60 bits per heavy atom. The van der Waals surface area contributed by atoms with Crippen LogP contribution < -0.4 is 5.48 Å². The van der Waals surface area contributed by atoms with Gasteiger partial charge >= 0.3 is 12.1 Å². The van der Waals surface area contributed by atoms with Crippen molar-refractivity contribution in [3.8, 4) is 0 Å². The second-order valence-corrected chi connectivity index (χ2v) is 5.38. The molecule has 1 N–H and O–H groups in total. The fourth-order valence-corrected chi connectivity index (χ4v) is 2.36. The summed E-state index contributed by atoms with van der Waals surface area (Å²) in [5.41, 5.74) is 2.82. The number of amides is 1. The number of fused-ring (bicyclic) bond motifs is 1. The number of aryl methyl sites for hydroxylation is 1. The lowest BCUT2D eigenvalue weighted by Crippen LogP contribution is -2.27. The Balaban J connectivity index is 1.40. The zero-order valence-electron chi connectivity index (χ0n) is 13.4. The molecule has 0 spiro atoms. The first-order valence-electron chi connectivity index (χ1n) is 7.84. The predicted molar refractivity (Wildman–Crippen MR) is 90.4 cm³/mol. The van der Waals surface area contributed by atoms with Crippen LogP contribution in [-0.2, 0) is 27.4 Å². The van der Waals surface area contributed by atoms with Crippen molar-refractivity contribution in [2.45, 2.75) is 19.4 Å². The van der Waals surface area contributed by atoms with Crippen LogP contribution in [0.3, 0.4) is 0 Å². The van der Waals surface area contributed by atoms with Gasteiger partial charge in [0.25, 0.3) is 0 Å². The normalized spacial score (nSPS) is 10.4. The maximum Gasteiger partial charge on any atom is 0.441 e. The largest absolute Gasteiger partial charge is 0.468 e. The minimum atomic E-state index is -0.819. The van der Waals surface area contributed by atoms with E-state index in [0.717, 1.165) is 16.3 Å². The van der Waals surface area contributed by atoms with Crippen LogP contribution in [0.25, 0.3) is 10.8 Å². The molecule has 0 aliphatic heterocycles. The number of benzene rings is 2. The Morgan fingerprint density at radius 2 is 1.76 bits per heavy atom. The van der Waals surface area contributed by atoms with Gasteiger partial charge < -0.3 is 14.0 Å². The van der Waals surface area contributed by atoms with Crippen molar-refractivity contribution in [1.29, 1.82) is 0 Å². The molecular formula is C19H17NO5. The molecule has 1 aromatic heterocycles. The number of ether oxygens (including phenoxy) is 1. The van der Waals surface area contributed by atoms with Crippen LogP contribution in [0.4, 0.5) is 4.79 Å². The Bertz CT molecular complexity index is 856. The average Bonchev–Trinajstić information content (AvgIpc) is 3.07. The van der Waals surface area contributed by atoms with Crippen LogP contribution >= 0.6 is 0 Å². The highest BCUT2D eigenvalue weighted by Crippen LogP contribution is 2.21. The average molecular weight is 339 g/mol. The summed E-state index contributed by atoms with van der Waals surface area (Å²) in [6.45, 7) is 0.0998. The second-order valence-electron chi connectivity index (χ2n) is 5.38. The Kier molecular flexibility index (Phi) is 5.31. The molecule has 0 unspecified atom stereocenters. The van der Waals surface area contributed by atoms with E-state index in [0.29, 0.717) is 12.2 Å². The van der Waals surface area contributed by atoms with Crippen molar-refractivity contribution in [2.75, 3.05) is 0 Å². The maximum atomic E-state index is 11.7. The number of carbonyl (C=O) groups excluding carboxylic acids is 2. The van der Waals surface area contributed by atoms with Crippen LogP contribution in [-0.4, -0.2) is 12.1 Å². The molecule has 1 amide bonds. The van der Waals surface area contributed by atoms with Crippen LogP contribution in [0.1, 0.15) is 17.7 Å². The lowest BCUT2D eigenvalue weighted by atomic mass is 10.1. The van der Waals surface area contributed by atoms with E-state index in [2.05, 4.69) is 0 Å². The molecule has 3 aromatic rings. The molecule has 0 saturated carbocycles. The van der Waals surface area contributed by atoms with Crippen LogP contribution in [0.5, 0.6) is 0 Å². The summed E-state index contributed by atoms with van der Waals surface area (Å²) in [4.78, 5) is 27.9. The van der Waals surface area contributed by atoms with Gasteiger partial charge in [-0.25, -0.2) is 9.59 Å². The van der Waals surface area contributed by atoms with Gasteiger partial charge in [0.1, 0.15) is 12.4 Å². The van der Waals surface area contributed by atoms with Gasteiger partial charge in [-0.05, 0) is 5.56 Å². The third kappa shape index (κ3) is 4.60. The number of hydroxylamine groups is 1. The molecular weight excluding hydrogens is 322 g/mol. The molecule has 6 nitrogen and oxygen atoms in total. The van der Waals surface area contributed by atoms with Gasteiger partial charge in [0, 0.05) is 17.2 Å². The smallest absolute Gasteiger partial charge is 0.441 e. The lowest BCUT2D eigenvalue weighted by Gasteiger charge is -2.07. The van der Waals surface area contributed by atoms with Crippen molar-refractivity contribution in [2.24, 2.45) is 0 Å². The first kappa shape index (κ1) is 16.6. The van der Waals surface area contributed by atoms with E-state index in [1.54, 1.807) is 6.26 Å². The number of hydrogen-bond acceptors (Lipinski definition) is 5. The predicted octanol–water partition coefficient (Wildman–Crippen LogP) is 3.75. The number of furan rings is 1. The molecule has 0 saturated heterocycles.